The zero-order valence-electron chi connectivity index (χ0n) is 13.4. The Hall–Kier alpha value is 0.435. The van der Waals surface area contributed by atoms with Crippen molar-refractivity contribution in [1.82, 2.24) is 0 Å². The predicted octanol–water partition coefficient (Wildman–Crippen LogP) is 6.16. The van der Waals surface area contributed by atoms with E-state index in [1.54, 1.807) is 0 Å². The van der Waals surface area contributed by atoms with E-state index in [0.717, 1.165) is 0 Å². The first-order chi connectivity index (χ1) is 7.75. The molecule has 0 aliphatic heterocycles. The van der Waals surface area contributed by atoms with Gasteiger partial charge in [0.05, 0.1) is 0 Å². The molecular weight excluding hydrogens is 294 g/mol. The zero-order chi connectivity index (χ0) is 16.5. The van der Waals surface area contributed by atoms with E-state index in [9.17, 15) is 17.3 Å². The van der Waals surface area contributed by atoms with E-state index in [-0.39, 0.29) is 15.5 Å². The largest absolute Gasteiger partial charge is 0.673 e. The van der Waals surface area contributed by atoms with Crippen LogP contribution in [-0.2, 0) is 11.8 Å². The van der Waals surface area contributed by atoms with Crippen LogP contribution in [0.2, 0.25) is 0 Å². The van der Waals surface area contributed by atoms with E-state index in [0.29, 0.717) is 0 Å². The molecule has 0 amide bonds. The Labute approximate surface area is 120 Å². The third-order valence-electron chi connectivity index (χ3n) is 2.83. The second-order valence-corrected chi connectivity index (χ2v) is 14.5. The molecule has 0 fully saturated rings. The van der Waals surface area contributed by atoms with Gasteiger partial charge in [0.1, 0.15) is 0 Å². The van der Waals surface area contributed by atoms with Crippen LogP contribution in [0.5, 0.6) is 0 Å². The molecular formula is C12H27BF4PS-. The highest BCUT2D eigenvalue weighted by atomic mass is 32.4. The summed E-state index contributed by atoms with van der Waals surface area (Å²) in [4.78, 5) is 0. The van der Waals surface area contributed by atoms with Crippen LogP contribution in [-0.4, -0.2) is 22.7 Å². The average molecular weight is 321 g/mol. The third-order valence-corrected chi connectivity index (χ3v) is 13.4. The van der Waals surface area contributed by atoms with Crippen molar-refractivity contribution < 1.29 is 17.3 Å². The molecule has 0 nitrogen and oxygen atoms in total. The van der Waals surface area contributed by atoms with Crippen molar-refractivity contribution in [3.05, 3.63) is 0 Å². The molecule has 0 radical (unpaired) electrons. The third kappa shape index (κ3) is 6.62. The van der Waals surface area contributed by atoms with Crippen molar-refractivity contribution in [3.8, 4) is 0 Å². The maximum absolute atomic E-state index is 9.75. The van der Waals surface area contributed by atoms with E-state index in [2.05, 4.69) is 62.3 Å². The summed E-state index contributed by atoms with van der Waals surface area (Å²) in [5, 5.41) is 0.747. The van der Waals surface area contributed by atoms with Gasteiger partial charge < -0.3 is 17.3 Å². The first-order valence-electron chi connectivity index (χ1n) is 6.23. The van der Waals surface area contributed by atoms with Crippen LogP contribution in [0.1, 0.15) is 62.3 Å². The van der Waals surface area contributed by atoms with Crippen LogP contribution < -0.4 is 0 Å². The monoisotopic (exact) mass is 321 g/mol. The molecule has 0 aromatic rings. The molecule has 0 aromatic carbocycles. The second kappa shape index (κ2) is 6.05. The van der Waals surface area contributed by atoms with Gasteiger partial charge in [-0.3, -0.25) is 0 Å². The lowest BCUT2D eigenvalue weighted by Crippen LogP contribution is -2.38. The van der Waals surface area contributed by atoms with E-state index >= 15 is 0 Å². The first-order valence-corrected chi connectivity index (χ1v) is 9.03. The smallest absolute Gasteiger partial charge is 0.418 e. The number of halogens is 4. The Morgan fingerprint density at radius 3 is 0.737 bits per heavy atom. The van der Waals surface area contributed by atoms with E-state index < -0.39 is 13.3 Å². The van der Waals surface area contributed by atoms with Gasteiger partial charge in [-0.2, -0.15) is 0 Å². The number of hydrogen-bond acceptors (Lipinski definition) is 1. The molecule has 0 atom stereocenters. The number of rotatable bonds is 0. The molecule has 0 unspecified atom stereocenters. The van der Waals surface area contributed by atoms with Gasteiger partial charge in [-0.15, -0.1) is 0 Å². The molecule has 118 valence electrons. The highest BCUT2D eigenvalue weighted by Crippen LogP contribution is 2.74. The number of hydrogen-bond donors (Lipinski definition) is 0. The Morgan fingerprint density at radius 1 is 0.632 bits per heavy atom. The summed E-state index contributed by atoms with van der Waals surface area (Å²) in [6.45, 7) is 20.8. The SMILES string of the molecule is CC(C)(C)P(=S)(C(C)(C)C)C(C)(C)C.F[B-](F)(F)F. The molecule has 0 spiro atoms. The fraction of sp³-hybridized carbons (Fsp3) is 1.00. The van der Waals surface area contributed by atoms with Crippen LogP contribution in [0.4, 0.5) is 17.3 Å². The van der Waals surface area contributed by atoms with Gasteiger partial charge in [0, 0.05) is 0 Å². The minimum absolute atomic E-state index is 0.249. The predicted molar refractivity (Wildman–Crippen MR) is 83.7 cm³/mol. The summed E-state index contributed by atoms with van der Waals surface area (Å²) < 4.78 is 39.0. The van der Waals surface area contributed by atoms with Crippen molar-refractivity contribution in [2.75, 3.05) is 0 Å². The minimum atomic E-state index is -6.00. The fourth-order valence-corrected chi connectivity index (χ4v) is 9.06. The van der Waals surface area contributed by atoms with Gasteiger partial charge in [-0.05, 0) is 21.5 Å². The molecule has 19 heavy (non-hydrogen) atoms. The summed E-state index contributed by atoms with van der Waals surface area (Å²) in [5.41, 5.74) is 0. The summed E-state index contributed by atoms with van der Waals surface area (Å²) in [6.07, 6.45) is 0. The normalized spacial score (nSPS) is 14.8. The zero-order valence-corrected chi connectivity index (χ0v) is 15.2. The van der Waals surface area contributed by atoms with E-state index in [1.165, 1.54) is 0 Å². The molecule has 7 heteroatoms. The molecule has 0 bridgehead atoms. The van der Waals surface area contributed by atoms with Crippen LogP contribution in [0.3, 0.4) is 0 Å². The maximum atomic E-state index is 9.75. The maximum Gasteiger partial charge on any atom is 0.673 e. The van der Waals surface area contributed by atoms with E-state index in [1.807, 2.05) is 0 Å². The lowest BCUT2D eigenvalue weighted by atomic mass is 10.2. The van der Waals surface area contributed by atoms with Crippen LogP contribution in [0.15, 0.2) is 0 Å². The summed E-state index contributed by atoms with van der Waals surface area (Å²) in [7, 11) is -6.00. The first kappa shape index (κ1) is 21.7. The van der Waals surface area contributed by atoms with Gasteiger partial charge in [0.15, 0.2) is 0 Å². The molecule has 0 rings (SSSR count). The molecule has 0 N–H and O–H groups in total. The summed E-state index contributed by atoms with van der Waals surface area (Å²) in [5.74, 6) is 0. The van der Waals surface area contributed by atoms with Gasteiger partial charge in [0.2, 0.25) is 0 Å². The van der Waals surface area contributed by atoms with Crippen molar-refractivity contribution in [2.24, 2.45) is 0 Å². The Kier molecular flexibility index (Phi) is 6.92. The lowest BCUT2D eigenvalue weighted by Gasteiger charge is -2.53. The quantitative estimate of drug-likeness (QED) is 0.292. The molecule has 0 aliphatic rings. The van der Waals surface area contributed by atoms with Gasteiger partial charge >= 0.3 is 7.25 Å². The van der Waals surface area contributed by atoms with Crippen LogP contribution in [0, 0.1) is 0 Å². The van der Waals surface area contributed by atoms with Crippen LogP contribution >= 0.6 is 6.04 Å². The van der Waals surface area contributed by atoms with Crippen molar-refractivity contribution in [2.45, 2.75) is 77.8 Å². The van der Waals surface area contributed by atoms with Crippen molar-refractivity contribution >= 4 is 25.1 Å². The second-order valence-electron chi connectivity index (χ2n) is 7.62. The van der Waals surface area contributed by atoms with Crippen LogP contribution in [0.25, 0.3) is 0 Å². The molecule has 0 saturated carbocycles. The highest BCUT2D eigenvalue weighted by Gasteiger charge is 2.48. The van der Waals surface area contributed by atoms with E-state index in [4.69, 9.17) is 11.8 Å². The van der Waals surface area contributed by atoms with Crippen molar-refractivity contribution in [1.29, 1.82) is 0 Å². The fourth-order valence-electron chi connectivity index (χ4n) is 3.02. The van der Waals surface area contributed by atoms with Gasteiger partial charge in [-0.1, -0.05) is 74.1 Å². The Morgan fingerprint density at radius 2 is 0.737 bits per heavy atom. The highest BCUT2D eigenvalue weighted by molar-refractivity contribution is 8.16. The Balaban J connectivity index is 0. The Bertz CT molecular complexity index is 283. The topological polar surface area (TPSA) is 0 Å². The minimum Gasteiger partial charge on any atom is -0.418 e. The summed E-state index contributed by atoms with van der Waals surface area (Å²) >= 11 is 6.12. The molecule has 0 heterocycles. The molecule has 0 saturated heterocycles. The lowest BCUT2D eigenvalue weighted by molar-refractivity contribution is 0.368. The van der Waals surface area contributed by atoms with Gasteiger partial charge in [-0.25, -0.2) is 0 Å². The summed E-state index contributed by atoms with van der Waals surface area (Å²) in [6, 6.07) is -1.44. The van der Waals surface area contributed by atoms with Gasteiger partial charge in [0.25, 0.3) is 0 Å². The standard InChI is InChI=1S/C12H27PS.BF4/c1-10(2,3)13(14,11(4,5)6)12(7,8)9;2-1(3,4)5/h1-9H3;/q;-1. The molecule has 0 aliphatic carbocycles. The molecule has 0 aromatic heterocycles. The average Bonchev–Trinajstić information content (AvgIpc) is 1.92. The van der Waals surface area contributed by atoms with Crippen molar-refractivity contribution in [3.63, 3.8) is 0 Å².